The Kier molecular flexibility index (Phi) is 7.37. The predicted octanol–water partition coefficient (Wildman–Crippen LogP) is 3.25. The fraction of sp³-hybridized carbons (Fsp3) is 0.250. The van der Waals surface area contributed by atoms with Gasteiger partial charge in [-0.1, -0.05) is 31.5 Å². The topological polar surface area (TPSA) is 79.8 Å². The molecule has 0 saturated carbocycles. The van der Waals surface area contributed by atoms with Crippen LogP contribution in [0.25, 0.3) is 0 Å². The van der Waals surface area contributed by atoms with Crippen molar-refractivity contribution in [1.82, 2.24) is 10.7 Å². The number of ether oxygens (including phenoxy) is 1. The van der Waals surface area contributed by atoms with Crippen LogP contribution in [0.4, 0.5) is 0 Å². The van der Waals surface area contributed by atoms with Gasteiger partial charge in [-0.2, -0.15) is 5.10 Å². The fourth-order valence-corrected chi connectivity index (χ4v) is 2.51. The molecule has 2 rings (SSSR count). The third kappa shape index (κ3) is 6.11. The first-order valence-electron chi connectivity index (χ1n) is 8.44. The van der Waals surface area contributed by atoms with Crippen LogP contribution in [0.1, 0.15) is 29.8 Å². The molecule has 2 amide bonds. The van der Waals surface area contributed by atoms with Gasteiger partial charge < -0.3 is 10.1 Å². The molecule has 0 bridgehead atoms. The van der Waals surface area contributed by atoms with Crippen molar-refractivity contribution in [3.63, 3.8) is 0 Å². The first kappa shape index (κ1) is 20.5. The van der Waals surface area contributed by atoms with E-state index in [2.05, 4.69) is 15.8 Å². The molecule has 7 heteroatoms. The van der Waals surface area contributed by atoms with Crippen LogP contribution in [0, 0.1) is 5.92 Å². The molecular weight excluding hydrogens is 366 g/mol. The van der Waals surface area contributed by atoms with Crippen LogP contribution in [0.15, 0.2) is 53.6 Å². The number of hydrogen-bond acceptors (Lipinski definition) is 4. The summed E-state index contributed by atoms with van der Waals surface area (Å²) in [4.78, 5) is 24.8. The summed E-state index contributed by atoms with van der Waals surface area (Å²) >= 11 is 5.91. The minimum absolute atomic E-state index is 0.121. The molecule has 27 heavy (non-hydrogen) atoms. The molecule has 0 saturated heterocycles. The van der Waals surface area contributed by atoms with Crippen molar-refractivity contribution < 1.29 is 14.3 Å². The lowest BCUT2D eigenvalue weighted by Crippen LogP contribution is -2.48. The van der Waals surface area contributed by atoms with Crippen LogP contribution in [0.2, 0.25) is 5.02 Å². The highest BCUT2D eigenvalue weighted by molar-refractivity contribution is 6.31. The van der Waals surface area contributed by atoms with Gasteiger partial charge in [0.05, 0.1) is 13.3 Å². The zero-order valence-corrected chi connectivity index (χ0v) is 16.2. The van der Waals surface area contributed by atoms with Gasteiger partial charge in [0.2, 0.25) is 0 Å². The normalized spacial score (nSPS) is 12.0. The molecule has 0 spiro atoms. The van der Waals surface area contributed by atoms with E-state index in [1.54, 1.807) is 43.5 Å². The van der Waals surface area contributed by atoms with Crippen LogP contribution in [0.3, 0.4) is 0 Å². The highest BCUT2D eigenvalue weighted by atomic mass is 35.5. The number of nitrogens with zero attached hydrogens (tertiary/aromatic N) is 1. The van der Waals surface area contributed by atoms with Gasteiger partial charge in [0.25, 0.3) is 11.8 Å². The monoisotopic (exact) mass is 387 g/mol. The van der Waals surface area contributed by atoms with Crippen LogP contribution >= 0.6 is 11.6 Å². The molecule has 0 heterocycles. The van der Waals surface area contributed by atoms with Gasteiger partial charge >= 0.3 is 0 Å². The quantitative estimate of drug-likeness (QED) is 0.565. The fourth-order valence-electron chi connectivity index (χ4n) is 2.32. The number of halogens is 1. The zero-order valence-electron chi connectivity index (χ0n) is 15.4. The molecule has 1 unspecified atom stereocenters. The van der Waals surface area contributed by atoms with Crippen molar-refractivity contribution >= 4 is 29.6 Å². The Balaban J connectivity index is 1.99. The van der Waals surface area contributed by atoms with Gasteiger partial charge in [-0.25, -0.2) is 5.43 Å². The zero-order chi connectivity index (χ0) is 19.8. The maximum absolute atomic E-state index is 12.4. The molecule has 2 aromatic carbocycles. The van der Waals surface area contributed by atoms with Gasteiger partial charge in [0, 0.05) is 10.6 Å². The summed E-state index contributed by atoms with van der Waals surface area (Å²) in [5.41, 5.74) is 3.66. The van der Waals surface area contributed by atoms with E-state index in [1.807, 2.05) is 26.0 Å². The smallest absolute Gasteiger partial charge is 0.262 e. The molecule has 0 aliphatic heterocycles. The van der Waals surface area contributed by atoms with Crippen LogP contribution in [-0.2, 0) is 4.79 Å². The van der Waals surface area contributed by atoms with Gasteiger partial charge in [0.1, 0.15) is 11.8 Å². The van der Waals surface area contributed by atoms with Crippen molar-refractivity contribution in [2.45, 2.75) is 19.9 Å². The van der Waals surface area contributed by atoms with E-state index >= 15 is 0 Å². The third-order valence-electron chi connectivity index (χ3n) is 3.83. The molecule has 2 N–H and O–H groups in total. The SMILES string of the molecule is COc1ccc(/C=N/NC(=O)C(NC(=O)c2cccc(Cl)c2)C(C)C)cc1. The Morgan fingerprint density at radius 2 is 1.85 bits per heavy atom. The van der Waals surface area contributed by atoms with Crippen LogP contribution in [0.5, 0.6) is 5.75 Å². The Morgan fingerprint density at radius 1 is 1.15 bits per heavy atom. The Labute approximate surface area is 163 Å². The third-order valence-corrected chi connectivity index (χ3v) is 4.06. The van der Waals surface area contributed by atoms with Gasteiger partial charge in [-0.15, -0.1) is 0 Å². The summed E-state index contributed by atoms with van der Waals surface area (Å²) in [7, 11) is 1.59. The minimum Gasteiger partial charge on any atom is -0.497 e. The van der Waals surface area contributed by atoms with Crippen LogP contribution < -0.4 is 15.5 Å². The molecule has 0 fully saturated rings. The second-order valence-electron chi connectivity index (χ2n) is 6.21. The molecule has 2 aromatic rings. The number of hydrogen-bond donors (Lipinski definition) is 2. The Bertz CT molecular complexity index is 819. The van der Waals surface area contributed by atoms with Gasteiger partial charge in [0.15, 0.2) is 0 Å². The Morgan fingerprint density at radius 3 is 2.44 bits per heavy atom. The molecule has 0 aromatic heterocycles. The van der Waals surface area contributed by atoms with E-state index in [0.29, 0.717) is 10.6 Å². The predicted molar refractivity (Wildman–Crippen MR) is 106 cm³/mol. The van der Waals surface area contributed by atoms with E-state index < -0.39 is 11.9 Å². The number of carbonyl (C=O) groups excluding carboxylic acids is 2. The summed E-state index contributed by atoms with van der Waals surface area (Å²) < 4.78 is 5.09. The summed E-state index contributed by atoms with van der Waals surface area (Å²) in [6.07, 6.45) is 1.52. The van der Waals surface area contributed by atoms with Crippen molar-refractivity contribution in [2.24, 2.45) is 11.0 Å². The lowest BCUT2D eigenvalue weighted by Gasteiger charge is -2.20. The number of nitrogens with one attached hydrogen (secondary N) is 2. The van der Waals surface area contributed by atoms with Crippen LogP contribution in [-0.4, -0.2) is 31.2 Å². The molecule has 1 atom stereocenters. The summed E-state index contributed by atoms with van der Waals surface area (Å²) in [5.74, 6) is -0.153. The molecular formula is C20H22ClN3O3. The Hall–Kier alpha value is -2.86. The van der Waals surface area contributed by atoms with E-state index in [4.69, 9.17) is 16.3 Å². The van der Waals surface area contributed by atoms with Gasteiger partial charge in [-0.3, -0.25) is 9.59 Å². The number of rotatable bonds is 7. The molecule has 0 radical (unpaired) electrons. The van der Waals surface area contributed by atoms with Gasteiger partial charge in [-0.05, 0) is 53.9 Å². The number of hydrazone groups is 1. The first-order chi connectivity index (χ1) is 12.9. The molecule has 6 nitrogen and oxygen atoms in total. The number of carbonyl (C=O) groups is 2. The van der Waals surface area contributed by atoms with Crippen molar-refractivity contribution in [3.05, 3.63) is 64.7 Å². The van der Waals surface area contributed by atoms with Crippen molar-refractivity contribution in [2.75, 3.05) is 7.11 Å². The summed E-state index contributed by atoms with van der Waals surface area (Å²) in [6, 6.07) is 13.0. The van der Waals surface area contributed by atoms with Crippen molar-refractivity contribution in [1.29, 1.82) is 0 Å². The maximum atomic E-state index is 12.4. The second kappa shape index (κ2) is 9.73. The lowest BCUT2D eigenvalue weighted by molar-refractivity contribution is -0.123. The number of amides is 2. The van der Waals surface area contributed by atoms with Crippen molar-refractivity contribution in [3.8, 4) is 5.75 Å². The standard InChI is InChI=1S/C20H22ClN3O3/c1-13(2)18(23-19(25)15-5-4-6-16(21)11-15)20(26)24-22-12-14-7-9-17(27-3)10-8-14/h4-13,18H,1-3H3,(H,23,25)(H,24,26)/b22-12+. The largest absolute Gasteiger partial charge is 0.497 e. The molecule has 0 aliphatic rings. The molecule has 0 aliphatic carbocycles. The number of methoxy groups -OCH3 is 1. The first-order valence-corrected chi connectivity index (χ1v) is 8.82. The average molecular weight is 388 g/mol. The number of benzene rings is 2. The minimum atomic E-state index is -0.732. The lowest BCUT2D eigenvalue weighted by atomic mass is 10.0. The molecule has 142 valence electrons. The van der Waals surface area contributed by atoms with E-state index in [1.165, 1.54) is 6.21 Å². The van der Waals surface area contributed by atoms with E-state index in [0.717, 1.165) is 11.3 Å². The average Bonchev–Trinajstić information content (AvgIpc) is 2.66. The second-order valence-corrected chi connectivity index (χ2v) is 6.65. The highest BCUT2D eigenvalue weighted by Gasteiger charge is 2.24. The maximum Gasteiger partial charge on any atom is 0.262 e. The highest BCUT2D eigenvalue weighted by Crippen LogP contribution is 2.12. The van der Waals surface area contributed by atoms with E-state index in [-0.39, 0.29) is 11.8 Å². The summed E-state index contributed by atoms with van der Waals surface area (Å²) in [5, 5.41) is 7.14. The summed E-state index contributed by atoms with van der Waals surface area (Å²) in [6.45, 7) is 3.69. The van der Waals surface area contributed by atoms with E-state index in [9.17, 15) is 9.59 Å².